The van der Waals surface area contributed by atoms with E-state index in [0.29, 0.717) is 0 Å². The minimum absolute atomic E-state index is 0.709. The Morgan fingerprint density at radius 3 is 1.92 bits per heavy atom. The van der Waals surface area contributed by atoms with Crippen LogP contribution in [0, 0.1) is 35.3 Å². The van der Waals surface area contributed by atoms with Crippen LogP contribution in [0.5, 0.6) is 0 Å². The number of halogens is 2. The summed E-state index contributed by atoms with van der Waals surface area (Å²) in [5.41, 5.74) is 0.939. The van der Waals surface area contributed by atoms with Crippen LogP contribution in [0.15, 0.2) is 18.2 Å². The molecule has 0 spiro atoms. The van der Waals surface area contributed by atoms with Crippen LogP contribution in [0.1, 0.15) is 76.7 Å². The molecule has 0 radical (unpaired) electrons. The van der Waals surface area contributed by atoms with Crippen LogP contribution in [0.2, 0.25) is 0 Å². The fourth-order valence-electron chi connectivity index (χ4n) is 5.08. The van der Waals surface area contributed by atoms with Gasteiger partial charge in [-0.05, 0) is 79.9 Å². The van der Waals surface area contributed by atoms with Gasteiger partial charge in [0.2, 0.25) is 0 Å². The van der Waals surface area contributed by atoms with Crippen molar-refractivity contribution >= 4 is 0 Å². The highest BCUT2D eigenvalue weighted by Crippen LogP contribution is 2.42. The largest absolute Gasteiger partial charge is 0.204 e. The summed E-state index contributed by atoms with van der Waals surface area (Å²) in [5, 5.41) is 0. The van der Waals surface area contributed by atoms with Gasteiger partial charge in [0.25, 0.3) is 0 Å². The van der Waals surface area contributed by atoms with Crippen LogP contribution < -0.4 is 0 Å². The molecular formula is C22H32F2. The number of aryl methyl sites for hydroxylation is 1. The van der Waals surface area contributed by atoms with Crippen molar-refractivity contribution in [2.24, 2.45) is 23.7 Å². The molecule has 2 aliphatic rings. The first kappa shape index (κ1) is 17.9. The SMILES string of the molecule is CC[C@H]1CC[C@H]([C@H]2CC[C@H](CCc3ccc(F)c(F)c3)CC2)CC1. The second kappa shape index (κ2) is 8.45. The highest BCUT2D eigenvalue weighted by atomic mass is 19.2. The molecule has 0 aromatic heterocycles. The van der Waals surface area contributed by atoms with E-state index < -0.39 is 11.6 Å². The molecule has 2 heteroatoms. The lowest BCUT2D eigenvalue weighted by Gasteiger charge is -2.37. The maximum absolute atomic E-state index is 13.3. The molecule has 0 bridgehead atoms. The molecule has 3 rings (SSSR count). The molecule has 1 aromatic rings. The van der Waals surface area contributed by atoms with E-state index in [1.165, 1.54) is 69.9 Å². The van der Waals surface area contributed by atoms with E-state index in [9.17, 15) is 8.78 Å². The average molecular weight is 334 g/mol. The zero-order chi connectivity index (χ0) is 16.9. The summed E-state index contributed by atoms with van der Waals surface area (Å²) in [6, 6.07) is 4.36. The molecule has 0 atom stereocenters. The first-order valence-electron chi connectivity index (χ1n) is 10.1. The fourth-order valence-corrected chi connectivity index (χ4v) is 5.08. The van der Waals surface area contributed by atoms with Gasteiger partial charge in [-0.15, -0.1) is 0 Å². The van der Waals surface area contributed by atoms with Gasteiger partial charge in [-0.2, -0.15) is 0 Å². The van der Waals surface area contributed by atoms with Crippen LogP contribution in [0.3, 0.4) is 0 Å². The minimum Gasteiger partial charge on any atom is -0.204 e. The molecule has 1 aromatic carbocycles. The van der Waals surface area contributed by atoms with Gasteiger partial charge in [0.15, 0.2) is 11.6 Å². The summed E-state index contributed by atoms with van der Waals surface area (Å²) < 4.78 is 26.3. The molecule has 0 nitrogen and oxygen atoms in total. The Morgan fingerprint density at radius 1 is 0.792 bits per heavy atom. The first-order valence-corrected chi connectivity index (χ1v) is 10.1. The number of benzene rings is 1. The van der Waals surface area contributed by atoms with E-state index in [1.54, 1.807) is 6.07 Å². The van der Waals surface area contributed by atoms with Gasteiger partial charge in [0, 0.05) is 0 Å². The Bertz CT molecular complexity index is 509. The molecule has 0 heterocycles. The van der Waals surface area contributed by atoms with Crippen LogP contribution in [0.25, 0.3) is 0 Å². The molecule has 2 aliphatic carbocycles. The lowest BCUT2D eigenvalue weighted by molar-refractivity contribution is 0.142. The van der Waals surface area contributed by atoms with Crippen molar-refractivity contribution in [2.75, 3.05) is 0 Å². The molecule has 0 saturated heterocycles. The highest BCUT2D eigenvalue weighted by Gasteiger charge is 2.30. The predicted molar refractivity (Wildman–Crippen MR) is 95.9 cm³/mol. The molecule has 134 valence electrons. The fraction of sp³-hybridized carbons (Fsp3) is 0.727. The zero-order valence-electron chi connectivity index (χ0n) is 15.1. The minimum atomic E-state index is -0.739. The molecule has 0 aliphatic heterocycles. The smallest absolute Gasteiger partial charge is 0.159 e. The van der Waals surface area contributed by atoms with E-state index in [4.69, 9.17) is 0 Å². The van der Waals surface area contributed by atoms with Gasteiger partial charge < -0.3 is 0 Å². The third kappa shape index (κ3) is 4.58. The molecular weight excluding hydrogens is 302 g/mol. The third-order valence-corrected chi connectivity index (χ3v) is 6.85. The van der Waals surface area contributed by atoms with Crippen molar-refractivity contribution in [3.05, 3.63) is 35.4 Å². The molecule has 0 N–H and O–H groups in total. The van der Waals surface area contributed by atoms with Gasteiger partial charge >= 0.3 is 0 Å². The second-order valence-electron chi connectivity index (χ2n) is 8.26. The third-order valence-electron chi connectivity index (χ3n) is 6.85. The van der Waals surface area contributed by atoms with Crippen LogP contribution >= 0.6 is 0 Å². The summed E-state index contributed by atoms with van der Waals surface area (Å²) in [7, 11) is 0. The predicted octanol–water partition coefficient (Wildman–Crippen LogP) is 6.92. The summed E-state index contributed by atoms with van der Waals surface area (Å²) in [4.78, 5) is 0. The Morgan fingerprint density at radius 2 is 1.38 bits per heavy atom. The highest BCUT2D eigenvalue weighted by molar-refractivity contribution is 5.17. The van der Waals surface area contributed by atoms with E-state index in [1.807, 2.05) is 0 Å². The quantitative estimate of drug-likeness (QED) is 0.548. The van der Waals surface area contributed by atoms with Gasteiger partial charge in [0.05, 0.1) is 0 Å². The average Bonchev–Trinajstić information content (AvgIpc) is 2.63. The maximum atomic E-state index is 13.3. The summed E-state index contributed by atoms with van der Waals surface area (Å²) in [6.45, 7) is 2.34. The van der Waals surface area contributed by atoms with Crippen LogP contribution in [-0.2, 0) is 6.42 Å². The van der Waals surface area contributed by atoms with Crippen LogP contribution in [-0.4, -0.2) is 0 Å². The summed E-state index contributed by atoms with van der Waals surface area (Å²) in [5.74, 6) is 2.27. The topological polar surface area (TPSA) is 0 Å². The Hall–Kier alpha value is -0.920. The standard InChI is InChI=1S/C22H32F2/c1-2-16-5-10-19(11-6-16)20-12-7-17(8-13-20)3-4-18-9-14-21(23)22(24)15-18/h9,14-17,19-20H,2-8,10-13H2,1H3/t16-,17-,19-,20-. The van der Waals surface area contributed by atoms with Gasteiger partial charge in [-0.25, -0.2) is 8.78 Å². The van der Waals surface area contributed by atoms with E-state index in [2.05, 4.69) is 6.92 Å². The van der Waals surface area contributed by atoms with E-state index in [0.717, 1.165) is 42.1 Å². The van der Waals surface area contributed by atoms with Crippen molar-refractivity contribution in [3.63, 3.8) is 0 Å². The van der Waals surface area contributed by atoms with Crippen molar-refractivity contribution in [3.8, 4) is 0 Å². The van der Waals surface area contributed by atoms with Gasteiger partial charge in [-0.3, -0.25) is 0 Å². The Balaban J connectivity index is 1.40. The van der Waals surface area contributed by atoms with Crippen molar-refractivity contribution in [1.82, 2.24) is 0 Å². The molecule has 2 saturated carbocycles. The summed E-state index contributed by atoms with van der Waals surface area (Å²) >= 11 is 0. The Kier molecular flexibility index (Phi) is 6.30. The number of hydrogen-bond donors (Lipinski definition) is 0. The molecule has 24 heavy (non-hydrogen) atoms. The zero-order valence-corrected chi connectivity index (χ0v) is 15.1. The number of hydrogen-bond acceptors (Lipinski definition) is 0. The van der Waals surface area contributed by atoms with Crippen molar-refractivity contribution < 1.29 is 8.78 Å². The molecule has 0 unspecified atom stereocenters. The maximum Gasteiger partial charge on any atom is 0.159 e. The van der Waals surface area contributed by atoms with Crippen molar-refractivity contribution in [2.45, 2.75) is 77.6 Å². The molecule has 2 fully saturated rings. The van der Waals surface area contributed by atoms with E-state index >= 15 is 0 Å². The first-order chi connectivity index (χ1) is 11.7. The molecule has 0 amide bonds. The summed E-state index contributed by atoms with van der Waals surface area (Å²) in [6.07, 6.45) is 14.7. The van der Waals surface area contributed by atoms with E-state index in [-0.39, 0.29) is 0 Å². The van der Waals surface area contributed by atoms with Gasteiger partial charge in [-0.1, -0.05) is 45.1 Å². The van der Waals surface area contributed by atoms with Gasteiger partial charge in [0.1, 0.15) is 0 Å². The lowest BCUT2D eigenvalue weighted by atomic mass is 9.68. The number of rotatable bonds is 5. The Labute approximate surface area is 146 Å². The second-order valence-corrected chi connectivity index (χ2v) is 8.26. The normalized spacial score (nSPS) is 31.1. The van der Waals surface area contributed by atoms with Crippen molar-refractivity contribution in [1.29, 1.82) is 0 Å². The monoisotopic (exact) mass is 334 g/mol. The lowest BCUT2D eigenvalue weighted by Crippen LogP contribution is -2.25. The van der Waals surface area contributed by atoms with Crippen LogP contribution in [0.4, 0.5) is 8.78 Å².